The number of hydrogen-bond donors (Lipinski definition) is 1. The lowest BCUT2D eigenvalue weighted by Gasteiger charge is -2.43. The van der Waals surface area contributed by atoms with E-state index >= 15 is 0 Å². The van der Waals surface area contributed by atoms with Gasteiger partial charge in [0.15, 0.2) is 0 Å². The summed E-state index contributed by atoms with van der Waals surface area (Å²) in [6.07, 6.45) is 2.66. The van der Waals surface area contributed by atoms with Crippen LogP contribution in [0, 0.1) is 0 Å². The van der Waals surface area contributed by atoms with Crippen molar-refractivity contribution in [1.29, 1.82) is 0 Å². The molecule has 0 spiro atoms. The maximum absolute atomic E-state index is 5.81. The van der Waals surface area contributed by atoms with E-state index in [-0.39, 0.29) is 0 Å². The molecule has 1 saturated heterocycles. The zero-order valence-electron chi connectivity index (χ0n) is 13.7. The van der Waals surface area contributed by atoms with E-state index in [4.69, 9.17) is 5.73 Å². The third-order valence-electron chi connectivity index (χ3n) is 5.22. The van der Waals surface area contributed by atoms with Crippen LogP contribution >= 0.6 is 0 Å². The van der Waals surface area contributed by atoms with E-state index in [9.17, 15) is 0 Å². The smallest absolute Gasteiger partial charge is 0.0314 e. The molecule has 2 aliphatic rings. The molecule has 3 nitrogen and oxygen atoms in total. The second-order valence-corrected chi connectivity index (χ2v) is 7.84. The van der Waals surface area contributed by atoms with E-state index in [2.05, 4.69) is 42.7 Å². The Morgan fingerprint density at radius 2 is 1.57 bits per heavy atom. The number of piperazine rings is 1. The molecule has 3 heteroatoms. The summed E-state index contributed by atoms with van der Waals surface area (Å²) in [6.45, 7) is 13.0. The molecule has 0 radical (unpaired) electrons. The Labute approximate surface area is 129 Å². The van der Waals surface area contributed by atoms with Gasteiger partial charge in [-0.2, -0.15) is 0 Å². The van der Waals surface area contributed by atoms with Gasteiger partial charge in [0.1, 0.15) is 0 Å². The average Bonchev–Trinajstić information content (AvgIpc) is 3.20. The third kappa shape index (κ3) is 3.24. The predicted octanol–water partition coefficient (Wildman–Crippen LogP) is 2.72. The summed E-state index contributed by atoms with van der Waals surface area (Å²) in [5.41, 5.74) is 8.89. The molecule has 0 unspecified atom stereocenters. The van der Waals surface area contributed by atoms with E-state index in [1.165, 1.54) is 51.1 Å². The summed E-state index contributed by atoms with van der Waals surface area (Å²) in [6, 6.07) is 8.56. The van der Waals surface area contributed by atoms with E-state index in [0.29, 0.717) is 11.0 Å². The van der Waals surface area contributed by atoms with Crippen molar-refractivity contribution in [2.75, 3.05) is 38.5 Å². The molecule has 1 saturated carbocycles. The molecule has 21 heavy (non-hydrogen) atoms. The fourth-order valence-electron chi connectivity index (χ4n) is 3.53. The normalized spacial score (nSPS) is 23.2. The van der Waals surface area contributed by atoms with Crippen molar-refractivity contribution in [1.82, 2.24) is 9.80 Å². The topological polar surface area (TPSA) is 32.5 Å². The molecule has 116 valence electrons. The highest BCUT2D eigenvalue weighted by atomic mass is 15.3. The fraction of sp³-hybridized carbons (Fsp3) is 0.667. The largest absolute Gasteiger partial charge is 0.399 e. The third-order valence-corrected chi connectivity index (χ3v) is 5.22. The second-order valence-electron chi connectivity index (χ2n) is 7.84. The van der Waals surface area contributed by atoms with E-state index in [1.807, 2.05) is 12.1 Å². The van der Waals surface area contributed by atoms with Gasteiger partial charge in [-0.1, -0.05) is 12.1 Å². The maximum atomic E-state index is 5.81. The van der Waals surface area contributed by atoms with Crippen LogP contribution in [0.15, 0.2) is 24.3 Å². The van der Waals surface area contributed by atoms with Crippen LogP contribution in [0.1, 0.15) is 39.2 Å². The highest BCUT2D eigenvalue weighted by molar-refractivity contribution is 5.43. The average molecular weight is 287 g/mol. The summed E-state index contributed by atoms with van der Waals surface area (Å²) >= 11 is 0. The molecule has 2 N–H and O–H groups in total. The summed E-state index contributed by atoms with van der Waals surface area (Å²) in [5.74, 6) is 0. The first-order valence-electron chi connectivity index (χ1n) is 8.23. The number of nitrogens with zero attached hydrogens (tertiary/aromatic N) is 2. The van der Waals surface area contributed by atoms with Crippen molar-refractivity contribution in [3.8, 4) is 0 Å². The first kappa shape index (κ1) is 14.9. The van der Waals surface area contributed by atoms with Crippen LogP contribution < -0.4 is 5.73 Å². The summed E-state index contributed by atoms with van der Waals surface area (Å²) < 4.78 is 0. The van der Waals surface area contributed by atoms with Crippen LogP contribution in [0.5, 0.6) is 0 Å². The maximum Gasteiger partial charge on any atom is 0.0314 e. The minimum atomic E-state index is 0.306. The van der Waals surface area contributed by atoms with Crippen molar-refractivity contribution < 1.29 is 0 Å². The Bertz CT molecular complexity index is 474. The molecule has 0 bridgehead atoms. The van der Waals surface area contributed by atoms with Gasteiger partial charge in [-0.05, 0) is 51.3 Å². The molecule has 1 aliphatic carbocycles. The Balaban J connectivity index is 1.59. The molecule has 1 heterocycles. The number of benzene rings is 1. The van der Waals surface area contributed by atoms with Crippen molar-refractivity contribution in [3.05, 3.63) is 29.8 Å². The minimum absolute atomic E-state index is 0.306. The highest BCUT2D eigenvalue weighted by Gasteiger charge is 2.45. The molecule has 0 aromatic heterocycles. The van der Waals surface area contributed by atoms with E-state index in [0.717, 1.165) is 5.69 Å². The summed E-state index contributed by atoms with van der Waals surface area (Å²) in [4.78, 5) is 5.26. The monoisotopic (exact) mass is 287 g/mol. The van der Waals surface area contributed by atoms with Gasteiger partial charge in [-0.25, -0.2) is 0 Å². The lowest BCUT2D eigenvalue weighted by Crippen LogP contribution is -2.54. The standard InChI is InChI=1S/C18H29N3/c1-17(2,3)21-12-10-20(11-13-21)14-18(8-9-18)15-4-6-16(19)7-5-15/h4-7H,8-14,19H2,1-3H3. The molecular weight excluding hydrogens is 258 g/mol. The molecular formula is C18H29N3. The zero-order valence-corrected chi connectivity index (χ0v) is 13.7. The van der Waals surface area contributed by atoms with Gasteiger partial charge in [0, 0.05) is 49.4 Å². The van der Waals surface area contributed by atoms with Gasteiger partial charge in [-0.3, -0.25) is 9.80 Å². The van der Waals surface area contributed by atoms with Gasteiger partial charge in [-0.15, -0.1) is 0 Å². The molecule has 3 rings (SSSR count). The van der Waals surface area contributed by atoms with Crippen molar-refractivity contribution in [2.24, 2.45) is 0 Å². The lowest BCUT2D eigenvalue weighted by atomic mass is 9.94. The van der Waals surface area contributed by atoms with Gasteiger partial charge >= 0.3 is 0 Å². The Hall–Kier alpha value is -1.06. The second kappa shape index (κ2) is 5.29. The number of nitrogens with two attached hydrogens (primary N) is 1. The van der Waals surface area contributed by atoms with Crippen LogP contribution in [0.2, 0.25) is 0 Å². The number of hydrogen-bond acceptors (Lipinski definition) is 3. The van der Waals surface area contributed by atoms with E-state index in [1.54, 1.807) is 0 Å². The zero-order chi connectivity index (χ0) is 15.1. The summed E-state index contributed by atoms with van der Waals surface area (Å²) in [7, 11) is 0. The van der Waals surface area contributed by atoms with Gasteiger partial charge < -0.3 is 5.73 Å². The van der Waals surface area contributed by atoms with E-state index < -0.39 is 0 Å². The molecule has 0 amide bonds. The van der Waals surface area contributed by atoms with Crippen LogP contribution in [0.3, 0.4) is 0 Å². The quantitative estimate of drug-likeness (QED) is 0.868. The van der Waals surface area contributed by atoms with Gasteiger partial charge in [0.2, 0.25) is 0 Å². The molecule has 1 aromatic rings. The number of rotatable bonds is 3. The first-order valence-corrected chi connectivity index (χ1v) is 8.23. The van der Waals surface area contributed by atoms with Crippen LogP contribution in [0.4, 0.5) is 5.69 Å². The Morgan fingerprint density at radius 3 is 2.05 bits per heavy atom. The predicted molar refractivity (Wildman–Crippen MR) is 89.5 cm³/mol. The van der Waals surface area contributed by atoms with Crippen LogP contribution in [0.25, 0.3) is 0 Å². The Morgan fingerprint density at radius 1 is 1.00 bits per heavy atom. The van der Waals surface area contributed by atoms with Crippen LogP contribution in [-0.2, 0) is 5.41 Å². The van der Waals surface area contributed by atoms with Gasteiger partial charge in [0.25, 0.3) is 0 Å². The van der Waals surface area contributed by atoms with Crippen molar-refractivity contribution in [3.63, 3.8) is 0 Å². The highest BCUT2D eigenvalue weighted by Crippen LogP contribution is 2.49. The Kier molecular flexibility index (Phi) is 3.74. The van der Waals surface area contributed by atoms with Crippen molar-refractivity contribution >= 4 is 5.69 Å². The number of nitrogen functional groups attached to an aromatic ring is 1. The molecule has 0 atom stereocenters. The molecule has 1 aromatic carbocycles. The fourth-order valence-corrected chi connectivity index (χ4v) is 3.53. The molecule has 2 fully saturated rings. The lowest BCUT2D eigenvalue weighted by molar-refractivity contribution is 0.0582. The summed E-state index contributed by atoms with van der Waals surface area (Å²) in [5, 5.41) is 0. The molecule has 1 aliphatic heterocycles. The SMILES string of the molecule is CC(C)(C)N1CCN(CC2(c3ccc(N)cc3)CC2)CC1. The van der Waals surface area contributed by atoms with Gasteiger partial charge in [0.05, 0.1) is 0 Å². The first-order chi connectivity index (χ1) is 9.89. The number of anilines is 1. The minimum Gasteiger partial charge on any atom is -0.399 e. The van der Waals surface area contributed by atoms with Crippen molar-refractivity contribution in [2.45, 2.75) is 44.6 Å². The van der Waals surface area contributed by atoms with Crippen LogP contribution in [-0.4, -0.2) is 48.1 Å².